The average Bonchev–Trinajstić information content (AvgIpc) is 2.80. The molecule has 2 aromatic heterocycles. The fourth-order valence-electron chi connectivity index (χ4n) is 3.12. The Hall–Kier alpha value is -3.68. The van der Waals surface area contributed by atoms with Gasteiger partial charge in [0.2, 0.25) is 0 Å². The minimum absolute atomic E-state index is 0.249. The molecule has 0 aliphatic carbocycles. The number of hydrogen-bond donors (Lipinski definition) is 1. The lowest BCUT2D eigenvalue weighted by Crippen LogP contribution is -2.25. The number of nitrogens with zero attached hydrogens (tertiary/aromatic N) is 3. The monoisotopic (exact) mass is 448 g/mol. The van der Waals surface area contributed by atoms with Crippen molar-refractivity contribution >= 4 is 39.9 Å². The maximum absolute atomic E-state index is 12.2. The van der Waals surface area contributed by atoms with Crippen LogP contribution in [0.5, 0.6) is 11.5 Å². The van der Waals surface area contributed by atoms with Crippen LogP contribution in [-0.2, 0) is 4.84 Å². The summed E-state index contributed by atoms with van der Waals surface area (Å²) in [6, 6.07) is 17.9. The minimum atomic E-state index is -0.249. The van der Waals surface area contributed by atoms with Crippen molar-refractivity contribution < 1.29 is 14.4 Å². The van der Waals surface area contributed by atoms with Gasteiger partial charge in [0.25, 0.3) is 5.91 Å². The van der Waals surface area contributed by atoms with E-state index in [-0.39, 0.29) is 5.91 Å². The number of hydrogen-bond acceptors (Lipinski definition) is 6. The number of aromatic nitrogens is 2. The number of fused-ring (bicyclic) bond motifs is 1. The standard InChI is InChI=1S/C24H21ClN4O3/c1-15-4-10-19-20(12-13-26-23(19)27-15)28-21-14-17(25)7-11-22(21)32-18-8-5-16(6-9-18)24(30)29(2)31-3/h4-14H,1-3H3,(H,26,27,28). The van der Waals surface area contributed by atoms with Gasteiger partial charge in [0.1, 0.15) is 5.75 Å². The van der Waals surface area contributed by atoms with E-state index in [1.165, 1.54) is 7.11 Å². The van der Waals surface area contributed by atoms with Crippen molar-refractivity contribution in [1.82, 2.24) is 15.0 Å². The summed E-state index contributed by atoms with van der Waals surface area (Å²) in [6.45, 7) is 1.93. The van der Waals surface area contributed by atoms with E-state index in [0.717, 1.165) is 21.8 Å². The molecule has 0 atom stereocenters. The predicted molar refractivity (Wildman–Crippen MR) is 125 cm³/mol. The Bertz CT molecular complexity index is 1280. The Labute approximate surface area is 190 Å². The van der Waals surface area contributed by atoms with E-state index >= 15 is 0 Å². The summed E-state index contributed by atoms with van der Waals surface area (Å²) in [6.07, 6.45) is 1.70. The van der Waals surface area contributed by atoms with E-state index in [1.54, 1.807) is 55.7 Å². The Balaban J connectivity index is 1.62. The molecule has 32 heavy (non-hydrogen) atoms. The summed E-state index contributed by atoms with van der Waals surface area (Å²) in [5.74, 6) is 0.901. The van der Waals surface area contributed by atoms with Gasteiger partial charge in [-0.15, -0.1) is 0 Å². The number of pyridine rings is 2. The molecule has 1 amide bonds. The molecule has 0 aliphatic heterocycles. The van der Waals surface area contributed by atoms with Gasteiger partial charge < -0.3 is 10.1 Å². The lowest BCUT2D eigenvalue weighted by atomic mass is 10.2. The van der Waals surface area contributed by atoms with Gasteiger partial charge in [-0.05, 0) is 67.6 Å². The number of ether oxygens (including phenoxy) is 1. The molecule has 4 aromatic rings. The number of benzene rings is 2. The van der Waals surface area contributed by atoms with Crippen LogP contribution < -0.4 is 10.1 Å². The molecule has 7 nitrogen and oxygen atoms in total. The first kappa shape index (κ1) is 21.5. The van der Waals surface area contributed by atoms with Crippen LogP contribution in [0.1, 0.15) is 16.1 Å². The second-order valence-electron chi connectivity index (χ2n) is 7.06. The number of rotatable bonds is 6. The summed E-state index contributed by atoms with van der Waals surface area (Å²) >= 11 is 6.25. The van der Waals surface area contributed by atoms with E-state index in [0.29, 0.717) is 33.4 Å². The minimum Gasteiger partial charge on any atom is -0.455 e. The van der Waals surface area contributed by atoms with Gasteiger partial charge in [0, 0.05) is 34.9 Å². The van der Waals surface area contributed by atoms with Crippen LogP contribution in [0.3, 0.4) is 0 Å². The second kappa shape index (κ2) is 9.21. The van der Waals surface area contributed by atoms with E-state index in [9.17, 15) is 4.79 Å². The van der Waals surface area contributed by atoms with Gasteiger partial charge in [0.15, 0.2) is 11.4 Å². The van der Waals surface area contributed by atoms with Gasteiger partial charge in [-0.1, -0.05) is 11.6 Å². The SMILES string of the molecule is CON(C)C(=O)c1ccc(Oc2ccc(Cl)cc2Nc2ccnc3nc(C)ccc23)cc1. The number of carbonyl (C=O) groups is 1. The smallest absolute Gasteiger partial charge is 0.277 e. The zero-order valence-corrected chi connectivity index (χ0v) is 18.6. The van der Waals surface area contributed by atoms with Crippen molar-refractivity contribution in [2.45, 2.75) is 6.92 Å². The van der Waals surface area contributed by atoms with Crippen molar-refractivity contribution in [3.05, 3.63) is 83.1 Å². The molecular weight excluding hydrogens is 428 g/mol. The summed E-state index contributed by atoms with van der Waals surface area (Å²) in [5.41, 5.74) is 3.55. The van der Waals surface area contributed by atoms with Crippen LogP contribution in [-0.4, -0.2) is 35.1 Å². The molecule has 8 heteroatoms. The summed E-state index contributed by atoms with van der Waals surface area (Å²) < 4.78 is 6.08. The van der Waals surface area contributed by atoms with Gasteiger partial charge in [0.05, 0.1) is 18.5 Å². The van der Waals surface area contributed by atoms with Crippen LogP contribution in [0.4, 0.5) is 11.4 Å². The van der Waals surface area contributed by atoms with E-state index in [1.807, 2.05) is 25.1 Å². The zero-order valence-electron chi connectivity index (χ0n) is 17.8. The molecule has 2 aromatic carbocycles. The van der Waals surface area contributed by atoms with Crippen molar-refractivity contribution in [2.75, 3.05) is 19.5 Å². The van der Waals surface area contributed by atoms with Crippen molar-refractivity contribution in [3.8, 4) is 11.5 Å². The molecule has 0 spiro atoms. The number of halogens is 1. The van der Waals surface area contributed by atoms with E-state index in [4.69, 9.17) is 21.2 Å². The lowest BCUT2D eigenvalue weighted by molar-refractivity contribution is -0.0757. The number of carbonyl (C=O) groups excluding carboxylic acids is 1. The van der Waals surface area contributed by atoms with Crippen molar-refractivity contribution in [1.29, 1.82) is 0 Å². The second-order valence-corrected chi connectivity index (χ2v) is 7.50. The highest BCUT2D eigenvalue weighted by Crippen LogP contribution is 2.35. The molecule has 0 fully saturated rings. The van der Waals surface area contributed by atoms with E-state index in [2.05, 4.69) is 15.3 Å². The summed E-state index contributed by atoms with van der Waals surface area (Å²) in [4.78, 5) is 26.0. The predicted octanol–water partition coefficient (Wildman–Crippen LogP) is 5.76. The van der Waals surface area contributed by atoms with Crippen LogP contribution in [0, 0.1) is 6.92 Å². The lowest BCUT2D eigenvalue weighted by Gasteiger charge is -2.16. The van der Waals surface area contributed by atoms with Gasteiger partial charge in [-0.25, -0.2) is 15.0 Å². The summed E-state index contributed by atoms with van der Waals surface area (Å²) in [5, 5.41) is 5.99. The number of nitrogens with one attached hydrogen (secondary N) is 1. The van der Waals surface area contributed by atoms with Gasteiger partial charge in [-0.3, -0.25) is 9.63 Å². The zero-order chi connectivity index (χ0) is 22.7. The molecular formula is C24H21ClN4O3. The molecule has 0 bridgehead atoms. The third kappa shape index (κ3) is 4.64. The van der Waals surface area contributed by atoms with Crippen LogP contribution in [0.25, 0.3) is 11.0 Å². The highest BCUT2D eigenvalue weighted by molar-refractivity contribution is 6.31. The highest BCUT2D eigenvalue weighted by Gasteiger charge is 2.13. The van der Waals surface area contributed by atoms with Crippen molar-refractivity contribution in [3.63, 3.8) is 0 Å². The normalized spacial score (nSPS) is 10.8. The number of amides is 1. The first-order valence-electron chi connectivity index (χ1n) is 9.83. The first-order chi connectivity index (χ1) is 15.4. The van der Waals surface area contributed by atoms with Crippen LogP contribution in [0.2, 0.25) is 5.02 Å². The quantitative estimate of drug-likeness (QED) is 0.378. The summed E-state index contributed by atoms with van der Waals surface area (Å²) in [7, 11) is 2.99. The Morgan fingerprint density at radius 3 is 2.56 bits per heavy atom. The van der Waals surface area contributed by atoms with Crippen LogP contribution in [0.15, 0.2) is 66.9 Å². The first-order valence-corrected chi connectivity index (χ1v) is 10.2. The van der Waals surface area contributed by atoms with Crippen LogP contribution >= 0.6 is 11.6 Å². The molecule has 162 valence electrons. The molecule has 2 heterocycles. The van der Waals surface area contributed by atoms with Gasteiger partial charge in [-0.2, -0.15) is 0 Å². The molecule has 0 saturated carbocycles. The number of hydroxylamine groups is 2. The van der Waals surface area contributed by atoms with E-state index < -0.39 is 0 Å². The number of aryl methyl sites for hydroxylation is 1. The Morgan fingerprint density at radius 1 is 1.03 bits per heavy atom. The Kier molecular flexibility index (Phi) is 6.20. The molecule has 0 saturated heterocycles. The maximum Gasteiger partial charge on any atom is 0.277 e. The molecule has 1 N–H and O–H groups in total. The molecule has 4 rings (SSSR count). The Morgan fingerprint density at radius 2 is 1.81 bits per heavy atom. The number of anilines is 2. The fraction of sp³-hybridized carbons (Fsp3) is 0.125. The van der Waals surface area contributed by atoms with Crippen molar-refractivity contribution in [2.24, 2.45) is 0 Å². The largest absolute Gasteiger partial charge is 0.455 e. The third-order valence-corrected chi connectivity index (χ3v) is 5.08. The molecule has 0 aliphatic rings. The molecule has 0 radical (unpaired) electrons. The molecule has 0 unspecified atom stereocenters. The maximum atomic E-state index is 12.2. The van der Waals surface area contributed by atoms with Gasteiger partial charge >= 0.3 is 0 Å². The third-order valence-electron chi connectivity index (χ3n) is 4.84. The fourth-order valence-corrected chi connectivity index (χ4v) is 3.30. The highest BCUT2D eigenvalue weighted by atomic mass is 35.5. The average molecular weight is 449 g/mol. The topological polar surface area (TPSA) is 76.6 Å².